The largest absolute Gasteiger partial charge is 0.489 e. The number of aromatic nitrogens is 1. The number of carbonyl (C=O) groups excluding carboxylic acids is 1. The molecule has 5 nitrogen and oxygen atoms in total. The summed E-state index contributed by atoms with van der Waals surface area (Å²) in [5.41, 5.74) is 3.45. The molecule has 1 heterocycles. The average Bonchev–Trinajstić information content (AvgIpc) is 3.31. The fraction of sp³-hybridized carbons (Fsp3) is 0.0385. The Bertz CT molecular complexity index is 1330. The lowest BCUT2D eigenvalue weighted by atomic mass is 10.1. The quantitative estimate of drug-likeness (QED) is 0.219. The van der Waals surface area contributed by atoms with Crippen molar-refractivity contribution in [3.05, 3.63) is 105 Å². The molecular formula is C26H18BrN3O2S. The Morgan fingerprint density at radius 3 is 2.64 bits per heavy atom. The van der Waals surface area contributed by atoms with E-state index in [-0.39, 0.29) is 5.57 Å². The van der Waals surface area contributed by atoms with E-state index in [4.69, 9.17) is 4.74 Å². The zero-order chi connectivity index (χ0) is 23.0. The van der Waals surface area contributed by atoms with Crippen LogP contribution in [0.15, 0.2) is 94.3 Å². The molecule has 0 saturated carbocycles. The number of nitriles is 1. The third-order valence-corrected chi connectivity index (χ3v) is 5.93. The molecule has 0 radical (unpaired) electrons. The number of hydrogen-bond donors (Lipinski definition) is 1. The molecule has 4 aromatic rings. The molecule has 3 aromatic carbocycles. The van der Waals surface area contributed by atoms with Gasteiger partial charge >= 0.3 is 0 Å². The van der Waals surface area contributed by atoms with Gasteiger partial charge in [0.15, 0.2) is 5.13 Å². The maximum Gasteiger partial charge on any atom is 0.268 e. The highest BCUT2D eigenvalue weighted by atomic mass is 79.9. The molecule has 0 unspecified atom stereocenters. The minimum Gasteiger partial charge on any atom is -0.489 e. The van der Waals surface area contributed by atoms with Gasteiger partial charge in [0.25, 0.3) is 5.91 Å². The van der Waals surface area contributed by atoms with Crippen molar-refractivity contribution in [1.82, 2.24) is 4.98 Å². The first-order valence-electron chi connectivity index (χ1n) is 10.0. The molecule has 33 heavy (non-hydrogen) atoms. The molecule has 0 saturated heterocycles. The van der Waals surface area contributed by atoms with Crippen LogP contribution in [0.3, 0.4) is 0 Å². The summed E-state index contributed by atoms with van der Waals surface area (Å²) < 4.78 is 6.86. The van der Waals surface area contributed by atoms with Crippen molar-refractivity contribution in [3.63, 3.8) is 0 Å². The van der Waals surface area contributed by atoms with Gasteiger partial charge in [-0.1, -0.05) is 70.5 Å². The van der Waals surface area contributed by atoms with Gasteiger partial charge in [-0.15, -0.1) is 11.3 Å². The summed E-state index contributed by atoms with van der Waals surface area (Å²) >= 11 is 4.73. The van der Waals surface area contributed by atoms with Gasteiger partial charge in [0.1, 0.15) is 24.0 Å². The van der Waals surface area contributed by atoms with Gasteiger partial charge in [-0.25, -0.2) is 4.98 Å². The number of halogens is 1. The van der Waals surface area contributed by atoms with Crippen LogP contribution in [-0.2, 0) is 11.4 Å². The molecule has 0 atom stereocenters. The van der Waals surface area contributed by atoms with Crippen molar-refractivity contribution in [2.75, 3.05) is 5.32 Å². The lowest BCUT2D eigenvalue weighted by Gasteiger charge is -2.07. The first kappa shape index (κ1) is 22.5. The lowest BCUT2D eigenvalue weighted by Crippen LogP contribution is -2.13. The highest BCUT2D eigenvalue weighted by Gasteiger charge is 2.13. The summed E-state index contributed by atoms with van der Waals surface area (Å²) in [4.78, 5) is 17.1. The first-order valence-corrected chi connectivity index (χ1v) is 11.7. The Hall–Kier alpha value is -3.73. The minimum absolute atomic E-state index is 0.0171. The fourth-order valence-corrected chi connectivity index (χ4v) is 3.97. The van der Waals surface area contributed by atoms with Crippen LogP contribution in [0.2, 0.25) is 0 Å². The van der Waals surface area contributed by atoms with Crippen molar-refractivity contribution in [1.29, 1.82) is 5.26 Å². The van der Waals surface area contributed by atoms with E-state index in [1.807, 2.05) is 84.2 Å². The van der Waals surface area contributed by atoms with Gasteiger partial charge in [-0.05, 0) is 41.5 Å². The number of benzene rings is 3. The van der Waals surface area contributed by atoms with Gasteiger partial charge in [-0.2, -0.15) is 5.26 Å². The number of nitrogens with zero attached hydrogens (tertiary/aromatic N) is 2. The van der Waals surface area contributed by atoms with E-state index < -0.39 is 5.91 Å². The van der Waals surface area contributed by atoms with E-state index in [1.54, 1.807) is 6.07 Å². The Balaban J connectivity index is 1.43. The number of anilines is 1. The molecule has 0 fully saturated rings. The predicted octanol–water partition coefficient (Wildman–Crippen LogP) is 6.70. The maximum atomic E-state index is 12.6. The molecule has 1 amide bonds. The molecule has 0 bridgehead atoms. The predicted molar refractivity (Wildman–Crippen MR) is 135 cm³/mol. The standard InChI is InChI=1S/C26H18BrN3O2S/c27-22-11-9-18(10-12-22)16-32-23-8-4-5-19(14-23)13-21(15-28)25(31)30-26-29-24(17-33-26)20-6-2-1-3-7-20/h1-14,17H,16H2,(H,29,30,31)/b21-13+. The number of nitrogens with one attached hydrogen (secondary N) is 1. The molecule has 4 rings (SSSR count). The van der Waals surface area contributed by atoms with E-state index >= 15 is 0 Å². The molecule has 1 aromatic heterocycles. The topological polar surface area (TPSA) is 75.0 Å². The summed E-state index contributed by atoms with van der Waals surface area (Å²) in [5.74, 6) is 0.143. The van der Waals surface area contributed by atoms with Crippen LogP contribution in [0.25, 0.3) is 17.3 Å². The molecule has 0 spiro atoms. The smallest absolute Gasteiger partial charge is 0.268 e. The Kier molecular flexibility index (Phi) is 7.30. The van der Waals surface area contributed by atoms with Gasteiger partial charge in [0.05, 0.1) is 5.69 Å². The molecule has 0 aliphatic rings. The van der Waals surface area contributed by atoms with Gasteiger partial charge in [-0.3, -0.25) is 10.1 Å². The van der Waals surface area contributed by atoms with Crippen LogP contribution in [0.4, 0.5) is 5.13 Å². The molecule has 1 N–H and O–H groups in total. The maximum absolute atomic E-state index is 12.6. The number of thiazole rings is 1. The van der Waals surface area contributed by atoms with Gasteiger partial charge in [0.2, 0.25) is 0 Å². The molecule has 0 aliphatic carbocycles. The third kappa shape index (κ3) is 6.16. The zero-order valence-corrected chi connectivity index (χ0v) is 19.8. The van der Waals surface area contributed by atoms with Crippen molar-refractivity contribution in [2.24, 2.45) is 0 Å². The number of rotatable bonds is 7. The van der Waals surface area contributed by atoms with E-state index in [0.29, 0.717) is 23.1 Å². The summed E-state index contributed by atoms with van der Waals surface area (Å²) in [6.07, 6.45) is 1.54. The number of hydrogen-bond acceptors (Lipinski definition) is 5. The van der Waals surface area contributed by atoms with E-state index in [2.05, 4.69) is 26.2 Å². The molecule has 162 valence electrons. The zero-order valence-electron chi connectivity index (χ0n) is 17.4. The third-order valence-electron chi connectivity index (χ3n) is 4.65. The van der Waals surface area contributed by atoms with Crippen LogP contribution in [0.1, 0.15) is 11.1 Å². The second-order valence-corrected chi connectivity index (χ2v) is 8.79. The second-order valence-electron chi connectivity index (χ2n) is 7.02. The molecule has 7 heteroatoms. The van der Waals surface area contributed by atoms with Gasteiger partial charge in [0, 0.05) is 15.4 Å². The highest BCUT2D eigenvalue weighted by molar-refractivity contribution is 9.10. The fourth-order valence-electron chi connectivity index (χ4n) is 2.99. The van der Waals surface area contributed by atoms with Crippen LogP contribution >= 0.6 is 27.3 Å². The summed E-state index contributed by atoms with van der Waals surface area (Å²) in [5, 5.41) is 14.5. The van der Waals surface area contributed by atoms with Crippen molar-refractivity contribution in [2.45, 2.75) is 6.61 Å². The first-order chi connectivity index (χ1) is 16.1. The SMILES string of the molecule is N#C/C(=C\c1cccc(OCc2ccc(Br)cc2)c1)C(=O)Nc1nc(-c2ccccc2)cs1. The number of ether oxygens (including phenoxy) is 1. The monoisotopic (exact) mass is 515 g/mol. The van der Waals surface area contributed by atoms with Crippen LogP contribution in [0, 0.1) is 11.3 Å². The Morgan fingerprint density at radius 2 is 1.88 bits per heavy atom. The second kappa shape index (κ2) is 10.7. The molecule has 0 aliphatic heterocycles. The summed E-state index contributed by atoms with van der Waals surface area (Å²) in [6.45, 7) is 0.417. The number of amides is 1. The average molecular weight is 516 g/mol. The van der Waals surface area contributed by atoms with E-state index in [0.717, 1.165) is 21.3 Å². The summed E-state index contributed by atoms with van der Waals surface area (Å²) in [6, 6.07) is 26.8. The van der Waals surface area contributed by atoms with Crippen molar-refractivity contribution < 1.29 is 9.53 Å². The summed E-state index contributed by atoms with van der Waals surface area (Å²) in [7, 11) is 0. The van der Waals surface area contributed by atoms with E-state index in [9.17, 15) is 10.1 Å². The van der Waals surface area contributed by atoms with Crippen molar-refractivity contribution >= 4 is 44.4 Å². The van der Waals surface area contributed by atoms with Crippen LogP contribution < -0.4 is 10.1 Å². The van der Waals surface area contributed by atoms with Crippen molar-refractivity contribution in [3.8, 4) is 23.1 Å². The van der Waals surface area contributed by atoms with Crippen LogP contribution in [0.5, 0.6) is 5.75 Å². The minimum atomic E-state index is -0.507. The number of carbonyl (C=O) groups is 1. The van der Waals surface area contributed by atoms with Gasteiger partial charge < -0.3 is 4.74 Å². The lowest BCUT2D eigenvalue weighted by molar-refractivity contribution is -0.112. The van der Waals surface area contributed by atoms with E-state index in [1.165, 1.54) is 17.4 Å². The Labute approximate surface area is 204 Å². The highest BCUT2D eigenvalue weighted by Crippen LogP contribution is 2.25. The molecular weight excluding hydrogens is 498 g/mol. The van der Waals surface area contributed by atoms with Crippen LogP contribution in [-0.4, -0.2) is 10.9 Å². The normalized spacial score (nSPS) is 11.0. The Morgan fingerprint density at radius 1 is 1.09 bits per heavy atom.